The van der Waals surface area contributed by atoms with Gasteiger partial charge in [-0.2, -0.15) is 0 Å². The van der Waals surface area contributed by atoms with Crippen molar-refractivity contribution in [3.05, 3.63) is 47.8 Å². The predicted molar refractivity (Wildman–Crippen MR) is 106 cm³/mol. The largest absolute Gasteiger partial charge is 0.493 e. The summed E-state index contributed by atoms with van der Waals surface area (Å²) in [6.07, 6.45) is -0.196. The van der Waals surface area contributed by atoms with Crippen molar-refractivity contribution >= 4 is 11.6 Å². The van der Waals surface area contributed by atoms with Crippen LogP contribution < -0.4 is 19.5 Å². The van der Waals surface area contributed by atoms with E-state index in [-0.39, 0.29) is 24.4 Å². The molecule has 1 aliphatic rings. The van der Waals surface area contributed by atoms with Gasteiger partial charge < -0.3 is 24.3 Å². The van der Waals surface area contributed by atoms with Crippen LogP contribution in [0.5, 0.6) is 17.2 Å². The quantitative estimate of drug-likeness (QED) is 0.765. The molecule has 0 saturated carbocycles. The second kappa shape index (κ2) is 9.58. The second-order valence-corrected chi connectivity index (χ2v) is 6.61. The maximum Gasteiger partial charge on any atom is 0.238 e. The van der Waals surface area contributed by atoms with Crippen molar-refractivity contribution in [1.82, 2.24) is 4.90 Å². The van der Waals surface area contributed by atoms with Crippen LogP contribution in [0.4, 0.5) is 10.1 Å². The number of benzene rings is 2. The number of amides is 1. The summed E-state index contributed by atoms with van der Waals surface area (Å²) in [5.74, 6) is 0.934. The molecule has 1 atom stereocenters. The summed E-state index contributed by atoms with van der Waals surface area (Å²) in [4.78, 5) is 14.6. The van der Waals surface area contributed by atoms with Gasteiger partial charge in [0.1, 0.15) is 5.82 Å². The molecule has 1 N–H and O–H groups in total. The van der Waals surface area contributed by atoms with Crippen LogP contribution in [0.15, 0.2) is 36.4 Å². The molecule has 2 aromatic rings. The summed E-state index contributed by atoms with van der Waals surface area (Å²) in [5, 5.41) is 2.87. The number of halogens is 1. The van der Waals surface area contributed by atoms with Crippen LogP contribution in [-0.2, 0) is 9.53 Å². The number of nitrogens with one attached hydrogen (secondary N) is 1. The number of carbonyl (C=O) groups is 1. The Labute approximate surface area is 169 Å². The number of rotatable bonds is 7. The third-order valence-electron chi connectivity index (χ3n) is 4.71. The first-order chi connectivity index (χ1) is 14.0. The monoisotopic (exact) mass is 404 g/mol. The van der Waals surface area contributed by atoms with Gasteiger partial charge in [0.25, 0.3) is 0 Å². The third kappa shape index (κ3) is 5.16. The van der Waals surface area contributed by atoms with Gasteiger partial charge in [0.05, 0.1) is 40.6 Å². The molecule has 29 heavy (non-hydrogen) atoms. The average Bonchev–Trinajstić information content (AvgIpc) is 2.73. The SMILES string of the molecule is COc1cc(NC(=O)CN2CCOC(c3ccc(F)cc3)C2)cc(OC)c1OC. The number of carbonyl (C=O) groups excluding carboxylic acids is 1. The molecule has 1 amide bonds. The molecule has 1 saturated heterocycles. The van der Waals surface area contributed by atoms with E-state index in [2.05, 4.69) is 5.32 Å². The van der Waals surface area contributed by atoms with E-state index in [0.717, 1.165) is 5.56 Å². The van der Waals surface area contributed by atoms with Crippen molar-refractivity contribution in [2.45, 2.75) is 6.10 Å². The van der Waals surface area contributed by atoms with Crippen molar-refractivity contribution in [2.24, 2.45) is 0 Å². The van der Waals surface area contributed by atoms with E-state index in [1.54, 1.807) is 24.3 Å². The summed E-state index contributed by atoms with van der Waals surface area (Å²) >= 11 is 0. The standard InChI is InChI=1S/C21H25FN2O5/c1-26-17-10-16(11-18(27-2)21(17)28-3)23-20(25)13-24-8-9-29-19(12-24)14-4-6-15(22)7-5-14/h4-7,10-11,19H,8-9,12-13H2,1-3H3,(H,23,25). The zero-order chi connectivity index (χ0) is 20.8. The van der Waals surface area contributed by atoms with Gasteiger partial charge in [-0.25, -0.2) is 4.39 Å². The first kappa shape index (κ1) is 20.9. The van der Waals surface area contributed by atoms with E-state index >= 15 is 0 Å². The molecule has 2 aromatic carbocycles. The summed E-state index contributed by atoms with van der Waals surface area (Å²) in [7, 11) is 4.56. The number of anilines is 1. The lowest BCUT2D eigenvalue weighted by Gasteiger charge is -2.32. The Morgan fingerprint density at radius 2 is 1.79 bits per heavy atom. The second-order valence-electron chi connectivity index (χ2n) is 6.61. The van der Waals surface area contributed by atoms with Crippen LogP contribution in [0.3, 0.4) is 0 Å². The summed E-state index contributed by atoms with van der Waals surface area (Å²) in [5.41, 5.74) is 1.44. The van der Waals surface area contributed by atoms with Gasteiger partial charge in [0, 0.05) is 30.9 Å². The van der Waals surface area contributed by atoms with Crippen LogP contribution in [0.1, 0.15) is 11.7 Å². The average molecular weight is 404 g/mol. The zero-order valence-corrected chi connectivity index (χ0v) is 16.7. The Hall–Kier alpha value is -2.84. The lowest BCUT2D eigenvalue weighted by atomic mass is 10.1. The van der Waals surface area contributed by atoms with E-state index in [9.17, 15) is 9.18 Å². The van der Waals surface area contributed by atoms with Gasteiger partial charge in [-0.15, -0.1) is 0 Å². The minimum atomic E-state index is -0.286. The first-order valence-corrected chi connectivity index (χ1v) is 9.23. The molecule has 3 rings (SSSR count). The van der Waals surface area contributed by atoms with Crippen LogP contribution in [0.2, 0.25) is 0 Å². The predicted octanol–water partition coefficient (Wildman–Crippen LogP) is 2.86. The minimum absolute atomic E-state index is 0.168. The molecule has 1 fully saturated rings. The Kier molecular flexibility index (Phi) is 6.90. The van der Waals surface area contributed by atoms with Gasteiger partial charge in [0.15, 0.2) is 11.5 Å². The van der Waals surface area contributed by atoms with Gasteiger partial charge in [-0.3, -0.25) is 9.69 Å². The number of hydrogen-bond donors (Lipinski definition) is 1. The van der Waals surface area contributed by atoms with E-state index < -0.39 is 0 Å². The highest BCUT2D eigenvalue weighted by Crippen LogP contribution is 2.39. The van der Waals surface area contributed by atoms with Crippen molar-refractivity contribution in [3.63, 3.8) is 0 Å². The molecule has 0 bridgehead atoms. The molecular weight excluding hydrogens is 379 g/mol. The molecular formula is C21H25FN2O5. The zero-order valence-electron chi connectivity index (χ0n) is 16.7. The smallest absolute Gasteiger partial charge is 0.238 e. The molecule has 156 valence electrons. The summed E-state index contributed by atoms with van der Waals surface area (Å²) < 4.78 is 34.8. The molecule has 0 aliphatic carbocycles. The van der Waals surface area contributed by atoms with Crippen molar-refractivity contribution < 1.29 is 28.1 Å². The molecule has 1 unspecified atom stereocenters. The topological polar surface area (TPSA) is 69.3 Å². The number of nitrogens with zero attached hydrogens (tertiary/aromatic N) is 1. The molecule has 1 aliphatic heterocycles. The van der Waals surface area contributed by atoms with Crippen LogP contribution in [-0.4, -0.2) is 58.4 Å². The van der Waals surface area contributed by atoms with Crippen LogP contribution in [0, 0.1) is 5.82 Å². The van der Waals surface area contributed by atoms with Crippen LogP contribution in [0.25, 0.3) is 0 Å². The first-order valence-electron chi connectivity index (χ1n) is 9.23. The van der Waals surface area contributed by atoms with Crippen LogP contribution >= 0.6 is 0 Å². The van der Waals surface area contributed by atoms with E-state index in [1.165, 1.54) is 33.5 Å². The molecule has 7 nitrogen and oxygen atoms in total. The van der Waals surface area contributed by atoms with Crippen molar-refractivity contribution in [1.29, 1.82) is 0 Å². The fraction of sp³-hybridized carbons (Fsp3) is 0.381. The van der Waals surface area contributed by atoms with Crippen molar-refractivity contribution in [3.8, 4) is 17.2 Å². The number of hydrogen-bond acceptors (Lipinski definition) is 6. The van der Waals surface area contributed by atoms with Crippen molar-refractivity contribution in [2.75, 3.05) is 52.9 Å². The Balaban J connectivity index is 1.63. The fourth-order valence-electron chi connectivity index (χ4n) is 3.28. The number of ether oxygens (including phenoxy) is 4. The van der Waals surface area contributed by atoms with E-state index in [1.807, 2.05) is 4.90 Å². The summed E-state index contributed by atoms with van der Waals surface area (Å²) in [6, 6.07) is 9.60. The Morgan fingerprint density at radius 3 is 2.38 bits per heavy atom. The molecule has 0 radical (unpaired) electrons. The minimum Gasteiger partial charge on any atom is -0.493 e. The lowest BCUT2D eigenvalue weighted by molar-refractivity contribution is -0.119. The summed E-state index contributed by atoms with van der Waals surface area (Å²) in [6.45, 7) is 1.89. The molecule has 0 aromatic heterocycles. The fourth-order valence-corrected chi connectivity index (χ4v) is 3.28. The molecule has 0 spiro atoms. The highest BCUT2D eigenvalue weighted by atomic mass is 19.1. The maximum absolute atomic E-state index is 13.1. The van der Waals surface area contributed by atoms with E-state index in [0.29, 0.717) is 42.6 Å². The highest BCUT2D eigenvalue weighted by Gasteiger charge is 2.24. The molecule has 1 heterocycles. The maximum atomic E-state index is 13.1. The molecule has 8 heteroatoms. The van der Waals surface area contributed by atoms with Gasteiger partial charge in [-0.05, 0) is 17.7 Å². The van der Waals surface area contributed by atoms with Gasteiger partial charge in [0.2, 0.25) is 11.7 Å². The number of morpholine rings is 1. The Bertz CT molecular complexity index is 818. The number of methoxy groups -OCH3 is 3. The van der Waals surface area contributed by atoms with E-state index in [4.69, 9.17) is 18.9 Å². The Morgan fingerprint density at radius 1 is 1.14 bits per heavy atom. The normalized spacial score (nSPS) is 16.9. The highest BCUT2D eigenvalue weighted by molar-refractivity contribution is 5.93. The third-order valence-corrected chi connectivity index (χ3v) is 4.71. The van der Waals surface area contributed by atoms with Gasteiger partial charge >= 0.3 is 0 Å². The van der Waals surface area contributed by atoms with Gasteiger partial charge in [-0.1, -0.05) is 12.1 Å². The lowest BCUT2D eigenvalue weighted by Crippen LogP contribution is -2.42.